The SMILES string of the molecule is NNc1ncc(-c2ccc3c(ccn3S(=O)(=O)c3ccccc3)c2)cc1F. The summed E-state index contributed by atoms with van der Waals surface area (Å²) < 4.78 is 40.9. The van der Waals surface area contributed by atoms with Crippen molar-refractivity contribution < 1.29 is 12.8 Å². The van der Waals surface area contributed by atoms with Gasteiger partial charge in [0.1, 0.15) is 0 Å². The third-order valence-corrected chi connectivity index (χ3v) is 5.97. The fourth-order valence-corrected chi connectivity index (χ4v) is 4.29. The van der Waals surface area contributed by atoms with Gasteiger partial charge in [-0.1, -0.05) is 24.3 Å². The molecular formula is C19H15FN4O2S. The summed E-state index contributed by atoms with van der Waals surface area (Å²) in [6.45, 7) is 0. The van der Waals surface area contributed by atoms with E-state index in [1.807, 2.05) is 0 Å². The van der Waals surface area contributed by atoms with Crippen LogP contribution in [-0.2, 0) is 10.0 Å². The number of nitrogen functional groups attached to an aromatic ring is 1. The number of anilines is 1. The van der Waals surface area contributed by atoms with E-state index in [0.29, 0.717) is 22.0 Å². The van der Waals surface area contributed by atoms with Gasteiger partial charge in [0.2, 0.25) is 0 Å². The van der Waals surface area contributed by atoms with Crippen LogP contribution >= 0.6 is 0 Å². The number of nitrogens with two attached hydrogens (primary N) is 1. The molecule has 0 unspecified atom stereocenters. The molecule has 0 radical (unpaired) electrons. The normalized spacial score (nSPS) is 11.6. The van der Waals surface area contributed by atoms with Crippen molar-refractivity contribution >= 4 is 26.7 Å². The van der Waals surface area contributed by atoms with Crippen molar-refractivity contribution in [1.82, 2.24) is 8.96 Å². The summed E-state index contributed by atoms with van der Waals surface area (Å²) in [5.41, 5.74) is 4.00. The molecule has 3 N–H and O–H groups in total. The van der Waals surface area contributed by atoms with Crippen LogP contribution in [0.15, 0.2) is 78.0 Å². The number of halogens is 1. The van der Waals surface area contributed by atoms with Crippen LogP contribution in [0.4, 0.5) is 10.2 Å². The van der Waals surface area contributed by atoms with Crippen LogP contribution in [0, 0.1) is 5.82 Å². The van der Waals surface area contributed by atoms with Crippen molar-refractivity contribution in [1.29, 1.82) is 0 Å². The van der Waals surface area contributed by atoms with Crippen molar-refractivity contribution in [3.05, 3.63) is 78.9 Å². The maximum atomic E-state index is 13.9. The van der Waals surface area contributed by atoms with E-state index in [1.165, 1.54) is 22.4 Å². The molecule has 4 aromatic rings. The minimum Gasteiger partial charge on any atom is -0.306 e. The number of fused-ring (bicyclic) bond motifs is 1. The Hall–Kier alpha value is -3.23. The fourth-order valence-electron chi connectivity index (χ4n) is 2.91. The van der Waals surface area contributed by atoms with Gasteiger partial charge < -0.3 is 5.43 Å². The predicted octanol–water partition coefficient (Wildman–Crippen LogP) is 3.37. The summed E-state index contributed by atoms with van der Waals surface area (Å²) in [6, 6.07) is 16.5. The average Bonchev–Trinajstić information content (AvgIpc) is 3.12. The van der Waals surface area contributed by atoms with Crippen LogP contribution in [0.2, 0.25) is 0 Å². The van der Waals surface area contributed by atoms with Gasteiger partial charge in [0.15, 0.2) is 11.6 Å². The van der Waals surface area contributed by atoms with Gasteiger partial charge in [-0.2, -0.15) is 0 Å². The Morgan fingerprint density at radius 3 is 2.48 bits per heavy atom. The third kappa shape index (κ3) is 2.94. The van der Waals surface area contributed by atoms with E-state index in [2.05, 4.69) is 10.4 Å². The van der Waals surface area contributed by atoms with E-state index in [4.69, 9.17) is 5.84 Å². The first-order chi connectivity index (χ1) is 13.0. The lowest BCUT2D eigenvalue weighted by Crippen LogP contribution is -2.11. The highest BCUT2D eigenvalue weighted by atomic mass is 32.2. The first-order valence-electron chi connectivity index (χ1n) is 8.05. The van der Waals surface area contributed by atoms with Gasteiger partial charge in [-0.15, -0.1) is 0 Å². The number of aromatic nitrogens is 2. The molecule has 8 heteroatoms. The first-order valence-corrected chi connectivity index (χ1v) is 9.49. The number of rotatable bonds is 4. The largest absolute Gasteiger partial charge is 0.306 e. The van der Waals surface area contributed by atoms with E-state index < -0.39 is 15.8 Å². The Bertz CT molecular complexity index is 1240. The highest BCUT2D eigenvalue weighted by Gasteiger charge is 2.18. The minimum atomic E-state index is -3.69. The number of hydrogen-bond donors (Lipinski definition) is 2. The molecular weight excluding hydrogens is 367 g/mol. The van der Waals surface area contributed by atoms with Gasteiger partial charge in [-0.3, -0.25) is 0 Å². The van der Waals surface area contributed by atoms with Gasteiger partial charge >= 0.3 is 0 Å². The Balaban J connectivity index is 1.80. The van der Waals surface area contributed by atoms with Crippen molar-refractivity contribution in [2.24, 2.45) is 5.84 Å². The highest BCUT2D eigenvalue weighted by Crippen LogP contribution is 2.28. The zero-order valence-electron chi connectivity index (χ0n) is 14.0. The van der Waals surface area contributed by atoms with Gasteiger partial charge in [0.25, 0.3) is 10.0 Å². The number of hydrogen-bond acceptors (Lipinski definition) is 5. The molecule has 136 valence electrons. The smallest absolute Gasteiger partial charge is 0.268 e. The van der Waals surface area contributed by atoms with Crippen molar-refractivity contribution in [3.8, 4) is 11.1 Å². The Morgan fingerprint density at radius 1 is 1.00 bits per heavy atom. The molecule has 0 spiro atoms. The molecule has 0 bridgehead atoms. The van der Waals surface area contributed by atoms with Crippen LogP contribution in [0.5, 0.6) is 0 Å². The van der Waals surface area contributed by atoms with E-state index in [9.17, 15) is 12.8 Å². The number of pyridine rings is 1. The van der Waals surface area contributed by atoms with Crippen LogP contribution < -0.4 is 11.3 Å². The Morgan fingerprint density at radius 2 is 1.78 bits per heavy atom. The minimum absolute atomic E-state index is 0.0417. The zero-order chi connectivity index (χ0) is 19.0. The molecule has 0 saturated carbocycles. The topological polar surface area (TPSA) is 90.0 Å². The quantitative estimate of drug-likeness (QED) is 0.417. The van der Waals surface area contributed by atoms with Crippen LogP contribution in [0.25, 0.3) is 22.0 Å². The van der Waals surface area contributed by atoms with E-state index >= 15 is 0 Å². The summed E-state index contributed by atoms with van der Waals surface area (Å²) in [7, 11) is -3.69. The second-order valence-electron chi connectivity index (χ2n) is 5.90. The summed E-state index contributed by atoms with van der Waals surface area (Å²) in [5, 5.41) is 0.716. The second-order valence-corrected chi connectivity index (χ2v) is 7.72. The predicted molar refractivity (Wildman–Crippen MR) is 102 cm³/mol. The zero-order valence-corrected chi connectivity index (χ0v) is 14.8. The van der Waals surface area contributed by atoms with Gasteiger partial charge in [0, 0.05) is 23.3 Å². The van der Waals surface area contributed by atoms with E-state index in [1.54, 1.807) is 54.6 Å². The molecule has 4 rings (SSSR count). The molecule has 0 saturated heterocycles. The number of nitrogens with zero attached hydrogens (tertiary/aromatic N) is 2. The molecule has 0 aliphatic rings. The number of benzene rings is 2. The van der Waals surface area contributed by atoms with Crippen LogP contribution in [0.3, 0.4) is 0 Å². The summed E-state index contributed by atoms with van der Waals surface area (Å²) in [6.07, 6.45) is 3.01. The van der Waals surface area contributed by atoms with Gasteiger partial charge in [-0.25, -0.2) is 27.6 Å². The monoisotopic (exact) mass is 382 g/mol. The molecule has 2 heterocycles. The standard InChI is InChI=1S/C19H15FN4O2S/c20-17-11-15(12-22-19(17)23-21)13-6-7-18-14(10-13)8-9-24(18)27(25,26)16-4-2-1-3-5-16/h1-12H,21H2,(H,22,23). The molecule has 0 aliphatic heterocycles. The van der Waals surface area contributed by atoms with Crippen molar-refractivity contribution in [2.45, 2.75) is 4.90 Å². The van der Waals surface area contributed by atoms with Crippen LogP contribution in [0.1, 0.15) is 0 Å². The molecule has 2 aromatic heterocycles. The molecule has 0 aliphatic carbocycles. The summed E-state index contributed by atoms with van der Waals surface area (Å²) >= 11 is 0. The Labute approximate surface area is 155 Å². The van der Waals surface area contributed by atoms with E-state index in [-0.39, 0.29) is 10.7 Å². The summed E-state index contributed by atoms with van der Waals surface area (Å²) in [5.74, 6) is 4.58. The molecule has 6 nitrogen and oxygen atoms in total. The maximum absolute atomic E-state index is 13.9. The van der Waals surface area contributed by atoms with Crippen molar-refractivity contribution in [2.75, 3.05) is 5.43 Å². The lowest BCUT2D eigenvalue weighted by molar-refractivity contribution is 0.589. The highest BCUT2D eigenvalue weighted by molar-refractivity contribution is 7.90. The molecule has 0 amide bonds. The number of nitrogens with one attached hydrogen (secondary N) is 1. The van der Waals surface area contributed by atoms with Gasteiger partial charge in [-0.05, 0) is 42.0 Å². The van der Waals surface area contributed by atoms with Crippen LogP contribution in [-0.4, -0.2) is 17.4 Å². The average molecular weight is 382 g/mol. The lowest BCUT2D eigenvalue weighted by Gasteiger charge is -2.09. The van der Waals surface area contributed by atoms with Gasteiger partial charge in [0.05, 0.1) is 10.4 Å². The summed E-state index contributed by atoms with van der Waals surface area (Å²) in [4.78, 5) is 4.14. The number of hydrazine groups is 1. The maximum Gasteiger partial charge on any atom is 0.268 e. The lowest BCUT2D eigenvalue weighted by atomic mass is 10.1. The Kier molecular flexibility index (Phi) is 4.14. The van der Waals surface area contributed by atoms with E-state index in [0.717, 1.165) is 0 Å². The fraction of sp³-hybridized carbons (Fsp3) is 0. The third-order valence-electron chi connectivity index (χ3n) is 4.27. The molecule has 2 aromatic carbocycles. The molecule has 27 heavy (non-hydrogen) atoms. The first kappa shape index (κ1) is 17.2. The molecule has 0 atom stereocenters. The van der Waals surface area contributed by atoms with Crippen molar-refractivity contribution in [3.63, 3.8) is 0 Å². The molecule has 0 fully saturated rings. The second kappa shape index (κ2) is 6.49.